The highest BCUT2D eigenvalue weighted by Crippen LogP contribution is 2.12. The van der Waals surface area contributed by atoms with E-state index in [0.29, 0.717) is 6.42 Å². The summed E-state index contributed by atoms with van der Waals surface area (Å²) < 4.78 is 0. The van der Waals surface area contributed by atoms with Crippen LogP contribution in [0.4, 0.5) is 5.69 Å². The molecule has 0 saturated heterocycles. The van der Waals surface area contributed by atoms with Crippen LogP contribution < -0.4 is 5.32 Å². The number of hydrogen-bond donors (Lipinski definition) is 1. The quantitative estimate of drug-likeness (QED) is 0.784. The van der Waals surface area contributed by atoms with Gasteiger partial charge in [-0.1, -0.05) is 32.4 Å². The van der Waals surface area contributed by atoms with Gasteiger partial charge >= 0.3 is 0 Å². The second kappa shape index (κ2) is 6.23. The molecule has 2 heteroatoms. The highest BCUT2D eigenvalue weighted by Gasteiger charge is 2.00. The summed E-state index contributed by atoms with van der Waals surface area (Å²) >= 11 is 0. The molecule has 0 aliphatic carbocycles. The van der Waals surface area contributed by atoms with Crippen LogP contribution in [0, 0.1) is 0 Å². The molecule has 0 unspecified atom stereocenters. The fourth-order valence-corrected chi connectivity index (χ4v) is 1.54. The van der Waals surface area contributed by atoms with E-state index in [4.69, 9.17) is 0 Å². The van der Waals surface area contributed by atoms with Gasteiger partial charge in [-0.15, -0.1) is 0 Å². The standard InChI is InChI=1S/C13H19NO/c1-3-6-11-8-5-9-12(10-11)14-13(15)7-4-2/h5,8-10H,3-4,6-7H2,1-2H3,(H,14,15). The summed E-state index contributed by atoms with van der Waals surface area (Å²) in [5.74, 6) is 0.103. The molecule has 15 heavy (non-hydrogen) atoms. The first-order valence-electron chi connectivity index (χ1n) is 5.65. The van der Waals surface area contributed by atoms with Gasteiger partial charge in [-0.25, -0.2) is 0 Å². The van der Waals surface area contributed by atoms with Crippen LogP contribution in [-0.4, -0.2) is 5.91 Å². The third-order valence-corrected chi connectivity index (χ3v) is 2.23. The highest BCUT2D eigenvalue weighted by atomic mass is 16.1. The van der Waals surface area contributed by atoms with E-state index in [1.54, 1.807) is 0 Å². The molecule has 0 aliphatic heterocycles. The Labute approximate surface area is 91.7 Å². The summed E-state index contributed by atoms with van der Waals surface area (Å²) in [7, 11) is 0. The van der Waals surface area contributed by atoms with E-state index in [2.05, 4.69) is 24.4 Å². The van der Waals surface area contributed by atoms with Gasteiger partial charge in [0, 0.05) is 12.1 Å². The lowest BCUT2D eigenvalue weighted by molar-refractivity contribution is -0.116. The molecule has 0 radical (unpaired) electrons. The number of rotatable bonds is 5. The SMILES string of the molecule is CCCC(=O)Nc1cccc(CCC)c1. The van der Waals surface area contributed by atoms with Gasteiger partial charge in [-0.2, -0.15) is 0 Å². The number of carbonyl (C=O) groups excluding carboxylic acids is 1. The van der Waals surface area contributed by atoms with E-state index >= 15 is 0 Å². The lowest BCUT2D eigenvalue weighted by atomic mass is 10.1. The number of amides is 1. The smallest absolute Gasteiger partial charge is 0.224 e. The lowest BCUT2D eigenvalue weighted by Gasteiger charge is -2.06. The minimum atomic E-state index is 0.103. The van der Waals surface area contributed by atoms with E-state index in [1.165, 1.54) is 5.56 Å². The van der Waals surface area contributed by atoms with Crippen LogP contribution in [0.1, 0.15) is 38.7 Å². The molecule has 1 amide bonds. The lowest BCUT2D eigenvalue weighted by Crippen LogP contribution is -2.10. The molecule has 0 spiro atoms. The van der Waals surface area contributed by atoms with E-state index in [9.17, 15) is 4.79 Å². The van der Waals surface area contributed by atoms with Crippen LogP contribution in [0.5, 0.6) is 0 Å². The number of carbonyl (C=O) groups is 1. The summed E-state index contributed by atoms with van der Waals surface area (Å²) in [6, 6.07) is 8.08. The zero-order chi connectivity index (χ0) is 11.1. The zero-order valence-electron chi connectivity index (χ0n) is 9.55. The molecule has 0 atom stereocenters. The van der Waals surface area contributed by atoms with Crippen molar-refractivity contribution < 1.29 is 4.79 Å². The van der Waals surface area contributed by atoms with Gasteiger partial charge in [0.05, 0.1) is 0 Å². The van der Waals surface area contributed by atoms with Crippen LogP contribution in [0.3, 0.4) is 0 Å². The monoisotopic (exact) mass is 205 g/mol. The maximum absolute atomic E-state index is 11.4. The fraction of sp³-hybridized carbons (Fsp3) is 0.462. The van der Waals surface area contributed by atoms with E-state index < -0.39 is 0 Å². The van der Waals surface area contributed by atoms with E-state index in [-0.39, 0.29) is 5.91 Å². The molecule has 0 fully saturated rings. The summed E-state index contributed by atoms with van der Waals surface area (Å²) in [5.41, 5.74) is 2.20. The summed E-state index contributed by atoms with van der Waals surface area (Å²) in [5, 5.41) is 2.90. The number of nitrogens with one attached hydrogen (secondary N) is 1. The van der Waals surface area contributed by atoms with Crippen LogP contribution in [0.25, 0.3) is 0 Å². The van der Waals surface area contributed by atoms with E-state index in [0.717, 1.165) is 24.9 Å². The molecule has 1 rings (SSSR count). The molecule has 0 saturated carbocycles. The Bertz CT molecular complexity index is 320. The Balaban J connectivity index is 2.60. The van der Waals surface area contributed by atoms with Crippen molar-refractivity contribution in [3.05, 3.63) is 29.8 Å². The molecule has 0 heterocycles. The Morgan fingerprint density at radius 2 is 2.07 bits per heavy atom. The van der Waals surface area contributed by atoms with Gasteiger partial charge < -0.3 is 5.32 Å². The second-order valence-corrected chi connectivity index (χ2v) is 3.75. The van der Waals surface area contributed by atoms with Crippen molar-refractivity contribution in [3.8, 4) is 0 Å². The van der Waals surface area contributed by atoms with Crippen LogP contribution in [0.2, 0.25) is 0 Å². The first kappa shape index (κ1) is 11.8. The Morgan fingerprint density at radius 3 is 2.73 bits per heavy atom. The summed E-state index contributed by atoms with van der Waals surface area (Å²) in [6.07, 6.45) is 3.68. The van der Waals surface area contributed by atoms with Crippen molar-refractivity contribution in [2.75, 3.05) is 5.32 Å². The van der Waals surface area contributed by atoms with Crippen molar-refractivity contribution >= 4 is 11.6 Å². The first-order chi connectivity index (χ1) is 7.26. The average Bonchev–Trinajstić information content (AvgIpc) is 2.19. The third-order valence-electron chi connectivity index (χ3n) is 2.23. The molecule has 1 aromatic carbocycles. The van der Waals surface area contributed by atoms with Gasteiger partial charge in [0.15, 0.2) is 0 Å². The topological polar surface area (TPSA) is 29.1 Å². The van der Waals surface area contributed by atoms with Crippen molar-refractivity contribution in [1.82, 2.24) is 0 Å². The number of benzene rings is 1. The second-order valence-electron chi connectivity index (χ2n) is 3.75. The van der Waals surface area contributed by atoms with Crippen molar-refractivity contribution in [1.29, 1.82) is 0 Å². The van der Waals surface area contributed by atoms with Crippen LogP contribution >= 0.6 is 0 Å². The molecule has 0 aromatic heterocycles. The minimum absolute atomic E-state index is 0.103. The van der Waals surface area contributed by atoms with Crippen LogP contribution in [0.15, 0.2) is 24.3 Å². The molecular formula is C13H19NO. The predicted molar refractivity (Wildman–Crippen MR) is 64.0 cm³/mol. The largest absolute Gasteiger partial charge is 0.326 e. The Morgan fingerprint density at radius 1 is 1.27 bits per heavy atom. The number of aryl methyl sites for hydroxylation is 1. The summed E-state index contributed by atoms with van der Waals surface area (Å²) in [4.78, 5) is 11.4. The van der Waals surface area contributed by atoms with Gasteiger partial charge in [0.25, 0.3) is 0 Å². The first-order valence-corrected chi connectivity index (χ1v) is 5.65. The maximum Gasteiger partial charge on any atom is 0.224 e. The Kier molecular flexibility index (Phi) is 4.88. The van der Waals surface area contributed by atoms with Gasteiger partial charge in [0.2, 0.25) is 5.91 Å². The molecule has 2 nitrogen and oxygen atoms in total. The molecule has 0 aliphatic rings. The summed E-state index contributed by atoms with van der Waals surface area (Å²) in [6.45, 7) is 4.16. The van der Waals surface area contributed by atoms with Gasteiger partial charge in [-0.3, -0.25) is 4.79 Å². The van der Waals surface area contributed by atoms with Gasteiger partial charge in [-0.05, 0) is 30.5 Å². The van der Waals surface area contributed by atoms with Crippen molar-refractivity contribution in [3.63, 3.8) is 0 Å². The number of anilines is 1. The highest BCUT2D eigenvalue weighted by molar-refractivity contribution is 5.90. The average molecular weight is 205 g/mol. The van der Waals surface area contributed by atoms with Crippen molar-refractivity contribution in [2.45, 2.75) is 39.5 Å². The normalized spacial score (nSPS) is 10.0. The molecular weight excluding hydrogens is 186 g/mol. The Hall–Kier alpha value is -1.31. The number of hydrogen-bond acceptors (Lipinski definition) is 1. The van der Waals surface area contributed by atoms with Crippen molar-refractivity contribution in [2.24, 2.45) is 0 Å². The van der Waals surface area contributed by atoms with Gasteiger partial charge in [0.1, 0.15) is 0 Å². The predicted octanol–water partition coefficient (Wildman–Crippen LogP) is 3.38. The molecule has 1 N–H and O–H groups in total. The van der Waals surface area contributed by atoms with Crippen LogP contribution in [-0.2, 0) is 11.2 Å². The zero-order valence-corrected chi connectivity index (χ0v) is 9.55. The molecule has 0 bridgehead atoms. The minimum Gasteiger partial charge on any atom is -0.326 e. The maximum atomic E-state index is 11.4. The molecule has 82 valence electrons. The third kappa shape index (κ3) is 4.15. The van der Waals surface area contributed by atoms with E-state index in [1.807, 2.05) is 19.1 Å². The fourth-order valence-electron chi connectivity index (χ4n) is 1.54. The molecule has 1 aromatic rings.